The van der Waals surface area contributed by atoms with Crippen molar-refractivity contribution in [3.63, 3.8) is 0 Å². The predicted molar refractivity (Wildman–Crippen MR) is 66.7 cm³/mol. The van der Waals surface area contributed by atoms with Crippen LogP contribution in [-0.2, 0) is 4.79 Å². The Morgan fingerprint density at radius 1 is 1.32 bits per heavy atom. The Labute approximate surface area is 110 Å². The van der Waals surface area contributed by atoms with E-state index in [2.05, 4.69) is 5.32 Å². The van der Waals surface area contributed by atoms with E-state index in [0.29, 0.717) is 0 Å². The molecule has 0 saturated carbocycles. The topological polar surface area (TPSA) is 41.1 Å². The van der Waals surface area contributed by atoms with Gasteiger partial charge in [-0.05, 0) is 25.0 Å². The van der Waals surface area contributed by atoms with E-state index in [0.717, 1.165) is 11.1 Å². The van der Waals surface area contributed by atoms with Crippen LogP contribution in [0.5, 0.6) is 0 Å². The summed E-state index contributed by atoms with van der Waals surface area (Å²) in [5, 5.41) is 4.71. The van der Waals surface area contributed by atoms with Crippen molar-refractivity contribution < 1.29 is 18.0 Å². The molecule has 1 rings (SSSR count). The quantitative estimate of drug-likeness (QED) is 0.865. The van der Waals surface area contributed by atoms with Crippen molar-refractivity contribution in [2.24, 2.45) is 0 Å². The average Bonchev–Trinajstić information content (AvgIpc) is 2.33. The van der Waals surface area contributed by atoms with Gasteiger partial charge < -0.3 is 10.6 Å². The van der Waals surface area contributed by atoms with Gasteiger partial charge in [0.1, 0.15) is 6.54 Å². The highest BCUT2D eigenvalue weighted by molar-refractivity contribution is 5.78. The molecule has 0 fully saturated rings. The smallest absolute Gasteiger partial charge is 0.346 e. The normalized spacial score (nSPS) is 13.1. The molecule has 0 radical (unpaired) electrons. The molecule has 0 heterocycles. The minimum absolute atomic E-state index is 0.0992. The molecule has 1 atom stereocenters. The number of aryl methyl sites for hydroxylation is 1. The summed E-state index contributed by atoms with van der Waals surface area (Å²) in [7, 11) is 0. The van der Waals surface area contributed by atoms with Crippen molar-refractivity contribution in [2.75, 3.05) is 13.1 Å². The molecule has 1 aromatic carbocycles. The Morgan fingerprint density at radius 3 is 2.53 bits per heavy atom. The molecule has 0 aliphatic rings. The lowest BCUT2D eigenvalue weighted by Crippen LogP contribution is -2.39. The number of hydrogen-bond acceptors (Lipinski definition) is 2. The number of benzene rings is 1. The zero-order chi connectivity index (χ0) is 14.5. The van der Waals surface area contributed by atoms with E-state index >= 15 is 0 Å². The largest absolute Gasteiger partial charge is 0.405 e. The molecular weight excluding hydrogens is 257 g/mol. The average molecular weight is 274 g/mol. The first-order valence-electron chi connectivity index (χ1n) is 5.92. The molecule has 0 bridgehead atoms. The van der Waals surface area contributed by atoms with Gasteiger partial charge in [0.05, 0.1) is 6.54 Å². The third-order valence-corrected chi connectivity index (χ3v) is 2.71. The number of nitrogens with one attached hydrogen (secondary N) is 2. The second-order valence-corrected chi connectivity index (χ2v) is 4.35. The summed E-state index contributed by atoms with van der Waals surface area (Å²) in [6.45, 7) is 2.36. The zero-order valence-corrected chi connectivity index (χ0v) is 10.8. The molecule has 0 spiro atoms. The minimum atomic E-state index is -4.38. The number of carbonyl (C=O) groups is 1. The van der Waals surface area contributed by atoms with E-state index in [1.165, 1.54) is 0 Å². The van der Waals surface area contributed by atoms with Crippen LogP contribution in [0.3, 0.4) is 0 Å². The van der Waals surface area contributed by atoms with Crippen LogP contribution in [0.15, 0.2) is 24.3 Å². The van der Waals surface area contributed by atoms with Gasteiger partial charge in [-0.15, -0.1) is 0 Å². The molecule has 0 saturated heterocycles. The maximum Gasteiger partial charge on any atom is 0.405 e. The molecule has 6 heteroatoms. The molecule has 0 aliphatic carbocycles. The fourth-order valence-corrected chi connectivity index (χ4v) is 1.69. The Morgan fingerprint density at radius 2 is 1.95 bits per heavy atom. The molecule has 0 aromatic heterocycles. The fourth-order valence-electron chi connectivity index (χ4n) is 1.69. The lowest BCUT2D eigenvalue weighted by molar-refractivity contribution is -0.137. The van der Waals surface area contributed by atoms with Crippen LogP contribution >= 0.6 is 0 Å². The van der Waals surface area contributed by atoms with Crippen molar-refractivity contribution in [1.29, 1.82) is 0 Å². The maximum absolute atomic E-state index is 11.9. The molecular formula is C13H17F3N2O. The third-order valence-electron chi connectivity index (χ3n) is 2.71. The maximum atomic E-state index is 11.9. The van der Waals surface area contributed by atoms with Crippen molar-refractivity contribution >= 4 is 5.91 Å². The molecule has 1 amide bonds. The van der Waals surface area contributed by atoms with Gasteiger partial charge in [-0.3, -0.25) is 4.79 Å². The Bertz CT molecular complexity index is 432. The molecule has 3 nitrogen and oxygen atoms in total. The van der Waals surface area contributed by atoms with Gasteiger partial charge in [-0.2, -0.15) is 13.2 Å². The first kappa shape index (κ1) is 15.5. The lowest BCUT2D eigenvalue weighted by atomic mass is 10.0. The number of rotatable bonds is 5. The van der Waals surface area contributed by atoms with Gasteiger partial charge in [0, 0.05) is 6.04 Å². The van der Waals surface area contributed by atoms with Gasteiger partial charge in [-0.25, -0.2) is 0 Å². The van der Waals surface area contributed by atoms with Crippen LogP contribution in [0.1, 0.15) is 24.1 Å². The summed E-state index contributed by atoms with van der Waals surface area (Å²) in [4.78, 5) is 11.2. The van der Waals surface area contributed by atoms with Gasteiger partial charge in [0.25, 0.3) is 0 Å². The monoisotopic (exact) mass is 274 g/mol. The Kier molecular flexibility index (Phi) is 5.35. The van der Waals surface area contributed by atoms with Gasteiger partial charge in [0.15, 0.2) is 0 Å². The molecule has 0 unspecified atom stereocenters. The van der Waals surface area contributed by atoms with E-state index in [9.17, 15) is 18.0 Å². The predicted octanol–water partition coefficient (Wildman–Crippen LogP) is 2.32. The van der Waals surface area contributed by atoms with E-state index < -0.39 is 18.6 Å². The summed E-state index contributed by atoms with van der Waals surface area (Å²) < 4.78 is 35.7. The Hall–Kier alpha value is -1.56. The molecule has 1 aromatic rings. The van der Waals surface area contributed by atoms with Crippen molar-refractivity contribution in [1.82, 2.24) is 10.6 Å². The number of halogens is 3. The third kappa shape index (κ3) is 5.74. The minimum Gasteiger partial charge on any atom is -0.346 e. The number of carbonyl (C=O) groups excluding carboxylic acids is 1. The van der Waals surface area contributed by atoms with Crippen LogP contribution in [0.25, 0.3) is 0 Å². The molecule has 106 valence electrons. The van der Waals surface area contributed by atoms with E-state index in [1.807, 2.05) is 43.4 Å². The first-order chi connectivity index (χ1) is 8.79. The highest BCUT2D eigenvalue weighted by Gasteiger charge is 2.27. The first-order valence-corrected chi connectivity index (χ1v) is 5.92. The van der Waals surface area contributed by atoms with Gasteiger partial charge in [0.2, 0.25) is 5.91 Å². The van der Waals surface area contributed by atoms with Crippen LogP contribution in [0.2, 0.25) is 0 Å². The molecule has 2 N–H and O–H groups in total. The van der Waals surface area contributed by atoms with Crippen LogP contribution in [0.4, 0.5) is 13.2 Å². The van der Waals surface area contributed by atoms with Gasteiger partial charge >= 0.3 is 6.18 Å². The van der Waals surface area contributed by atoms with E-state index in [4.69, 9.17) is 0 Å². The Balaban J connectivity index is 2.40. The van der Waals surface area contributed by atoms with Gasteiger partial charge in [-0.1, -0.05) is 24.3 Å². The SMILES string of the molecule is Cc1ccccc1[C@@H](C)NCC(=O)NCC(F)(F)F. The van der Waals surface area contributed by atoms with Crippen molar-refractivity contribution in [3.05, 3.63) is 35.4 Å². The summed E-state index contributed by atoms with van der Waals surface area (Å²) in [6, 6.07) is 7.54. The second kappa shape index (κ2) is 6.56. The summed E-state index contributed by atoms with van der Waals surface area (Å²) in [6.07, 6.45) is -4.38. The summed E-state index contributed by atoms with van der Waals surface area (Å²) in [5.74, 6) is -0.669. The highest BCUT2D eigenvalue weighted by atomic mass is 19.4. The molecule has 19 heavy (non-hydrogen) atoms. The highest BCUT2D eigenvalue weighted by Crippen LogP contribution is 2.16. The summed E-state index contributed by atoms with van der Waals surface area (Å²) in [5.41, 5.74) is 2.09. The fraction of sp³-hybridized carbons (Fsp3) is 0.462. The number of hydrogen-bond donors (Lipinski definition) is 2. The zero-order valence-electron chi connectivity index (χ0n) is 10.8. The van der Waals surface area contributed by atoms with Crippen LogP contribution < -0.4 is 10.6 Å². The van der Waals surface area contributed by atoms with Crippen LogP contribution in [0, 0.1) is 6.92 Å². The number of alkyl halides is 3. The summed E-state index contributed by atoms with van der Waals surface area (Å²) >= 11 is 0. The van der Waals surface area contributed by atoms with E-state index in [1.54, 1.807) is 0 Å². The molecule has 0 aliphatic heterocycles. The number of amides is 1. The van der Waals surface area contributed by atoms with Crippen molar-refractivity contribution in [2.45, 2.75) is 26.1 Å². The van der Waals surface area contributed by atoms with Crippen LogP contribution in [-0.4, -0.2) is 25.2 Å². The second-order valence-electron chi connectivity index (χ2n) is 4.35. The lowest BCUT2D eigenvalue weighted by Gasteiger charge is -2.16. The van der Waals surface area contributed by atoms with E-state index in [-0.39, 0.29) is 12.6 Å². The van der Waals surface area contributed by atoms with Crippen molar-refractivity contribution in [3.8, 4) is 0 Å². The standard InChI is InChI=1S/C13H17F3N2O/c1-9-5-3-4-6-11(9)10(2)17-7-12(19)18-8-13(14,15)16/h3-6,10,17H,7-8H2,1-2H3,(H,18,19)/t10-/m1/s1.